The smallest absolute Gasteiger partial charge is 0.0607 e. The summed E-state index contributed by atoms with van der Waals surface area (Å²) in [6.07, 6.45) is 5.53. The Kier molecular flexibility index (Phi) is 4.39. The summed E-state index contributed by atoms with van der Waals surface area (Å²) in [5.41, 5.74) is -0.114. The van der Waals surface area contributed by atoms with E-state index in [0.29, 0.717) is 0 Å². The molecule has 1 saturated carbocycles. The first-order valence-corrected chi connectivity index (χ1v) is 5.91. The van der Waals surface area contributed by atoms with Crippen molar-refractivity contribution >= 4 is 0 Å². The third kappa shape index (κ3) is 3.58. The van der Waals surface area contributed by atoms with Crippen molar-refractivity contribution in [3.8, 4) is 0 Å². The van der Waals surface area contributed by atoms with Gasteiger partial charge in [0, 0.05) is 5.54 Å². The SMILES string of the molecule is CC1CCCCC1CNC(C)(C)CO. The van der Waals surface area contributed by atoms with Crippen molar-refractivity contribution in [2.24, 2.45) is 11.8 Å². The lowest BCUT2D eigenvalue weighted by molar-refractivity contribution is 0.165. The molecule has 0 aromatic heterocycles. The number of aliphatic hydroxyl groups excluding tert-OH is 1. The van der Waals surface area contributed by atoms with E-state index in [1.54, 1.807) is 0 Å². The normalized spacial score (nSPS) is 29.1. The molecule has 1 aliphatic carbocycles. The van der Waals surface area contributed by atoms with Gasteiger partial charge in [-0.1, -0.05) is 26.2 Å². The first kappa shape index (κ1) is 12.0. The van der Waals surface area contributed by atoms with Crippen molar-refractivity contribution in [3.05, 3.63) is 0 Å². The Hall–Kier alpha value is -0.0800. The second-order valence-electron chi connectivity index (χ2n) is 5.44. The Morgan fingerprint density at radius 1 is 1.29 bits per heavy atom. The Bertz CT molecular complexity index is 168. The number of aliphatic hydroxyl groups is 1. The predicted molar refractivity (Wildman–Crippen MR) is 60.3 cm³/mol. The van der Waals surface area contributed by atoms with E-state index in [-0.39, 0.29) is 12.1 Å². The molecule has 0 bridgehead atoms. The molecular weight excluding hydrogens is 174 g/mol. The van der Waals surface area contributed by atoms with Crippen LogP contribution in [0.1, 0.15) is 46.5 Å². The number of hydrogen-bond donors (Lipinski definition) is 2. The lowest BCUT2D eigenvalue weighted by atomic mass is 9.80. The van der Waals surface area contributed by atoms with E-state index in [1.165, 1.54) is 25.7 Å². The quantitative estimate of drug-likeness (QED) is 0.727. The zero-order valence-electron chi connectivity index (χ0n) is 9.84. The van der Waals surface area contributed by atoms with Gasteiger partial charge in [-0.25, -0.2) is 0 Å². The van der Waals surface area contributed by atoms with Crippen LogP contribution in [0.25, 0.3) is 0 Å². The van der Waals surface area contributed by atoms with Crippen LogP contribution < -0.4 is 5.32 Å². The highest BCUT2D eigenvalue weighted by Crippen LogP contribution is 2.29. The molecule has 0 radical (unpaired) electrons. The predicted octanol–water partition coefficient (Wildman–Crippen LogP) is 2.17. The minimum Gasteiger partial charge on any atom is -0.394 e. The van der Waals surface area contributed by atoms with Crippen LogP contribution in [0.2, 0.25) is 0 Å². The molecule has 2 N–H and O–H groups in total. The molecule has 0 amide bonds. The van der Waals surface area contributed by atoms with Crippen molar-refractivity contribution in [2.75, 3.05) is 13.2 Å². The summed E-state index contributed by atoms with van der Waals surface area (Å²) in [5.74, 6) is 1.67. The molecule has 14 heavy (non-hydrogen) atoms. The van der Waals surface area contributed by atoms with Crippen LogP contribution in [0.15, 0.2) is 0 Å². The Labute approximate surface area is 88.1 Å². The monoisotopic (exact) mass is 199 g/mol. The molecule has 84 valence electrons. The Morgan fingerprint density at radius 2 is 1.93 bits per heavy atom. The molecule has 2 unspecified atom stereocenters. The summed E-state index contributed by atoms with van der Waals surface area (Å²) in [5, 5.41) is 12.6. The average molecular weight is 199 g/mol. The summed E-state index contributed by atoms with van der Waals surface area (Å²) in [7, 11) is 0. The van der Waals surface area contributed by atoms with Crippen LogP contribution in [-0.4, -0.2) is 23.8 Å². The van der Waals surface area contributed by atoms with Crippen LogP contribution in [0, 0.1) is 11.8 Å². The molecule has 1 rings (SSSR count). The molecular formula is C12H25NO. The first-order chi connectivity index (χ1) is 6.55. The molecule has 0 aliphatic heterocycles. The van der Waals surface area contributed by atoms with Crippen LogP contribution in [0.4, 0.5) is 0 Å². The Balaban J connectivity index is 2.29. The van der Waals surface area contributed by atoms with Gasteiger partial charge in [-0.05, 0) is 38.6 Å². The summed E-state index contributed by atoms with van der Waals surface area (Å²) in [4.78, 5) is 0. The summed E-state index contributed by atoms with van der Waals surface area (Å²) < 4.78 is 0. The molecule has 0 saturated heterocycles. The van der Waals surface area contributed by atoms with Crippen molar-refractivity contribution in [2.45, 2.75) is 52.0 Å². The summed E-state index contributed by atoms with van der Waals surface area (Å²) in [6, 6.07) is 0. The maximum absolute atomic E-state index is 9.13. The maximum Gasteiger partial charge on any atom is 0.0607 e. The van der Waals surface area contributed by atoms with Crippen molar-refractivity contribution in [3.63, 3.8) is 0 Å². The van der Waals surface area contributed by atoms with Crippen LogP contribution in [-0.2, 0) is 0 Å². The highest BCUT2D eigenvalue weighted by Gasteiger charge is 2.23. The van der Waals surface area contributed by atoms with E-state index >= 15 is 0 Å². The largest absolute Gasteiger partial charge is 0.394 e. The minimum absolute atomic E-state index is 0.114. The highest BCUT2D eigenvalue weighted by atomic mass is 16.3. The van der Waals surface area contributed by atoms with Crippen LogP contribution in [0.3, 0.4) is 0 Å². The molecule has 0 aromatic rings. The zero-order valence-corrected chi connectivity index (χ0v) is 9.84. The summed E-state index contributed by atoms with van der Waals surface area (Å²) in [6.45, 7) is 7.75. The fourth-order valence-electron chi connectivity index (χ4n) is 2.16. The van der Waals surface area contributed by atoms with E-state index in [4.69, 9.17) is 5.11 Å². The fourth-order valence-corrected chi connectivity index (χ4v) is 2.16. The number of nitrogens with one attached hydrogen (secondary N) is 1. The van der Waals surface area contributed by atoms with E-state index in [1.807, 2.05) is 0 Å². The molecule has 1 aliphatic rings. The topological polar surface area (TPSA) is 32.3 Å². The van der Waals surface area contributed by atoms with Crippen molar-refractivity contribution in [1.29, 1.82) is 0 Å². The molecule has 1 fully saturated rings. The standard InChI is InChI=1S/C12H25NO/c1-10-6-4-5-7-11(10)8-13-12(2,3)9-14/h10-11,13-14H,4-9H2,1-3H3. The van der Waals surface area contributed by atoms with Gasteiger partial charge in [0.1, 0.15) is 0 Å². The van der Waals surface area contributed by atoms with Gasteiger partial charge >= 0.3 is 0 Å². The van der Waals surface area contributed by atoms with Crippen LogP contribution >= 0.6 is 0 Å². The van der Waals surface area contributed by atoms with E-state index < -0.39 is 0 Å². The van der Waals surface area contributed by atoms with Gasteiger partial charge in [0.25, 0.3) is 0 Å². The Morgan fingerprint density at radius 3 is 2.50 bits per heavy atom. The third-order valence-corrected chi connectivity index (χ3v) is 3.53. The minimum atomic E-state index is -0.114. The summed E-state index contributed by atoms with van der Waals surface area (Å²) >= 11 is 0. The highest BCUT2D eigenvalue weighted by molar-refractivity contribution is 4.80. The van der Waals surface area contributed by atoms with Crippen molar-refractivity contribution in [1.82, 2.24) is 5.32 Å². The van der Waals surface area contributed by atoms with Crippen LogP contribution in [0.5, 0.6) is 0 Å². The molecule has 2 atom stereocenters. The number of rotatable bonds is 4. The molecule has 0 heterocycles. The lowest BCUT2D eigenvalue weighted by Gasteiger charge is -2.32. The van der Waals surface area contributed by atoms with Gasteiger partial charge in [0.05, 0.1) is 6.61 Å². The van der Waals surface area contributed by atoms with E-state index in [2.05, 4.69) is 26.1 Å². The fraction of sp³-hybridized carbons (Fsp3) is 1.00. The number of hydrogen-bond acceptors (Lipinski definition) is 2. The van der Waals surface area contributed by atoms with E-state index in [0.717, 1.165) is 18.4 Å². The van der Waals surface area contributed by atoms with Gasteiger partial charge in [-0.2, -0.15) is 0 Å². The molecule has 0 spiro atoms. The van der Waals surface area contributed by atoms with Gasteiger partial charge < -0.3 is 10.4 Å². The molecule has 0 aromatic carbocycles. The first-order valence-electron chi connectivity index (χ1n) is 5.91. The lowest BCUT2D eigenvalue weighted by Crippen LogP contribution is -2.46. The third-order valence-electron chi connectivity index (χ3n) is 3.53. The van der Waals surface area contributed by atoms with Gasteiger partial charge in [-0.3, -0.25) is 0 Å². The van der Waals surface area contributed by atoms with Gasteiger partial charge in [-0.15, -0.1) is 0 Å². The van der Waals surface area contributed by atoms with Gasteiger partial charge in [0.15, 0.2) is 0 Å². The van der Waals surface area contributed by atoms with E-state index in [9.17, 15) is 0 Å². The second-order valence-corrected chi connectivity index (χ2v) is 5.44. The zero-order chi connectivity index (χ0) is 10.6. The van der Waals surface area contributed by atoms with Gasteiger partial charge in [0.2, 0.25) is 0 Å². The average Bonchev–Trinajstić information content (AvgIpc) is 2.17. The molecule has 2 heteroatoms. The maximum atomic E-state index is 9.13. The molecule has 2 nitrogen and oxygen atoms in total. The second kappa shape index (κ2) is 5.13. The van der Waals surface area contributed by atoms with Crippen molar-refractivity contribution < 1.29 is 5.11 Å².